The molecule has 0 radical (unpaired) electrons. The van der Waals surface area contributed by atoms with Gasteiger partial charge in [0.2, 0.25) is 0 Å². The van der Waals surface area contributed by atoms with Crippen molar-refractivity contribution in [1.29, 1.82) is 5.26 Å². The van der Waals surface area contributed by atoms with Crippen LogP contribution in [0.25, 0.3) is 22.9 Å². The fourth-order valence-electron chi connectivity index (χ4n) is 3.48. The molecule has 1 amide bonds. The van der Waals surface area contributed by atoms with Crippen molar-refractivity contribution in [3.63, 3.8) is 0 Å². The van der Waals surface area contributed by atoms with Crippen molar-refractivity contribution in [3.8, 4) is 23.3 Å². The van der Waals surface area contributed by atoms with Gasteiger partial charge in [0.1, 0.15) is 34.6 Å². The first kappa shape index (κ1) is 20.1. The number of para-hydroxylation sites is 1. The van der Waals surface area contributed by atoms with Crippen molar-refractivity contribution in [3.05, 3.63) is 96.1 Å². The van der Waals surface area contributed by atoms with Gasteiger partial charge in [-0.1, -0.05) is 18.2 Å². The maximum atomic E-state index is 14.0. The first-order valence-corrected chi connectivity index (χ1v) is 10.0. The second-order valence-electron chi connectivity index (χ2n) is 7.29. The first-order chi connectivity index (χ1) is 16.0. The lowest BCUT2D eigenvalue weighted by Crippen LogP contribution is -2.13. The van der Waals surface area contributed by atoms with E-state index in [2.05, 4.69) is 26.3 Å². The van der Waals surface area contributed by atoms with Gasteiger partial charge < -0.3 is 5.32 Å². The van der Waals surface area contributed by atoms with Crippen molar-refractivity contribution in [2.75, 3.05) is 5.32 Å². The molecule has 4 heterocycles. The van der Waals surface area contributed by atoms with Gasteiger partial charge in [-0.2, -0.15) is 5.26 Å². The maximum absolute atomic E-state index is 14.0. The predicted octanol–water partition coefficient (Wildman–Crippen LogP) is 4.15. The summed E-state index contributed by atoms with van der Waals surface area (Å²) in [5, 5.41) is 11.9. The summed E-state index contributed by atoms with van der Waals surface area (Å²) < 4.78 is 17.4. The number of anilines is 1. The number of nitrogens with one attached hydrogen (secondary N) is 1. The lowest BCUT2D eigenvalue weighted by molar-refractivity contribution is 0.102. The second kappa shape index (κ2) is 8.01. The number of carbonyl (C=O) groups excluding carboxylic acids is 1. The molecular weight excluding hydrogens is 421 g/mol. The largest absolute Gasteiger partial charge is 0.318 e. The van der Waals surface area contributed by atoms with E-state index in [0.717, 1.165) is 5.69 Å². The van der Waals surface area contributed by atoms with E-state index in [1.807, 2.05) is 25.1 Å². The third-order valence-electron chi connectivity index (χ3n) is 5.06. The lowest BCUT2D eigenvalue weighted by atomic mass is 10.3. The lowest BCUT2D eigenvalue weighted by Gasteiger charge is -2.08. The highest BCUT2D eigenvalue weighted by Gasteiger charge is 2.19. The molecule has 1 N–H and O–H groups in total. The minimum Gasteiger partial charge on any atom is -0.318 e. The molecule has 0 atom stereocenters. The molecule has 0 saturated carbocycles. The molecule has 5 aromatic rings. The molecule has 0 unspecified atom stereocenters. The van der Waals surface area contributed by atoms with Crippen LogP contribution in [0.1, 0.15) is 21.9 Å². The number of halogens is 1. The third-order valence-corrected chi connectivity index (χ3v) is 5.06. The van der Waals surface area contributed by atoms with E-state index in [1.54, 1.807) is 45.6 Å². The molecule has 33 heavy (non-hydrogen) atoms. The summed E-state index contributed by atoms with van der Waals surface area (Å²) >= 11 is 0. The van der Waals surface area contributed by atoms with Crippen molar-refractivity contribution < 1.29 is 9.18 Å². The molecule has 0 aliphatic carbocycles. The predicted molar refractivity (Wildman–Crippen MR) is 119 cm³/mol. The summed E-state index contributed by atoms with van der Waals surface area (Å²) in [6.45, 7) is 1.86. The number of hydrogen-bond acceptors (Lipinski definition) is 5. The number of rotatable bonds is 4. The standard InChI is InChI=1S/C24H16FN7O/c1-15-5-4-8-20(28-15)23-29-21(24(33)30-19-7-3-2-6-18(19)25)14-32(23)16-9-10-22-27-12-17(11-26)31(22)13-16/h2-10,12-14H,1H3,(H,30,33). The first-order valence-electron chi connectivity index (χ1n) is 10.0. The van der Waals surface area contributed by atoms with E-state index >= 15 is 0 Å². The molecule has 4 aromatic heterocycles. The monoisotopic (exact) mass is 437 g/mol. The number of pyridine rings is 2. The van der Waals surface area contributed by atoms with Gasteiger partial charge in [-0.3, -0.25) is 13.8 Å². The average molecular weight is 437 g/mol. The van der Waals surface area contributed by atoms with E-state index in [4.69, 9.17) is 0 Å². The van der Waals surface area contributed by atoms with Gasteiger partial charge in [-0.25, -0.2) is 19.3 Å². The molecule has 0 aliphatic rings. The van der Waals surface area contributed by atoms with Gasteiger partial charge in [-0.05, 0) is 43.3 Å². The fraction of sp³-hybridized carbons (Fsp3) is 0.0417. The number of amides is 1. The number of imidazole rings is 2. The number of aryl methyl sites for hydroxylation is 1. The highest BCUT2D eigenvalue weighted by Crippen LogP contribution is 2.24. The Hall–Kier alpha value is -4.84. The van der Waals surface area contributed by atoms with Crippen LogP contribution in [0.2, 0.25) is 0 Å². The Kier molecular flexibility index (Phi) is 4.88. The topological polar surface area (TPSA) is 101 Å². The van der Waals surface area contributed by atoms with Crippen LogP contribution in [0.15, 0.2) is 73.2 Å². The van der Waals surface area contributed by atoms with E-state index in [0.29, 0.717) is 28.5 Å². The van der Waals surface area contributed by atoms with Gasteiger partial charge >= 0.3 is 0 Å². The van der Waals surface area contributed by atoms with Crippen LogP contribution in [-0.2, 0) is 0 Å². The van der Waals surface area contributed by atoms with Crippen LogP contribution in [0.5, 0.6) is 0 Å². The van der Waals surface area contributed by atoms with E-state index in [9.17, 15) is 14.4 Å². The third kappa shape index (κ3) is 3.70. The Balaban J connectivity index is 1.63. The number of nitrogens with zero attached hydrogens (tertiary/aromatic N) is 6. The van der Waals surface area contributed by atoms with Crippen molar-refractivity contribution >= 4 is 17.2 Å². The molecule has 0 spiro atoms. The smallest absolute Gasteiger partial charge is 0.275 e. The Morgan fingerprint density at radius 2 is 1.91 bits per heavy atom. The van der Waals surface area contributed by atoms with Gasteiger partial charge in [0.25, 0.3) is 5.91 Å². The van der Waals surface area contributed by atoms with E-state index < -0.39 is 11.7 Å². The molecule has 8 nitrogen and oxygen atoms in total. The Bertz CT molecular complexity index is 1560. The zero-order chi connectivity index (χ0) is 22.9. The zero-order valence-electron chi connectivity index (χ0n) is 17.4. The number of aromatic nitrogens is 5. The number of nitriles is 1. The Morgan fingerprint density at radius 1 is 1.06 bits per heavy atom. The van der Waals surface area contributed by atoms with Crippen LogP contribution in [-0.4, -0.2) is 29.8 Å². The van der Waals surface area contributed by atoms with Gasteiger partial charge in [0.05, 0.1) is 17.6 Å². The normalized spacial score (nSPS) is 10.8. The second-order valence-corrected chi connectivity index (χ2v) is 7.29. The molecule has 0 fully saturated rings. The molecular formula is C24H16FN7O. The molecule has 9 heteroatoms. The number of carbonyl (C=O) groups is 1. The summed E-state index contributed by atoms with van der Waals surface area (Å²) in [4.78, 5) is 26.2. The Labute approximate surface area is 187 Å². The number of hydrogen-bond donors (Lipinski definition) is 1. The van der Waals surface area contributed by atoms with Crippen molar-refractivity contribution in [2.45, 2.75) is 6.92 Å². The van der Waals surface area contributed by atoms with Crippen LogP contribution < -0.4 is 5.32 Å². The summed E-state index contributed by atoms with van der Waals surface area (Å²) in [5.41, 5.74) is 3.13. The summed E-state index contributed by atoms with van der Waals surface area (Å²) in [6, 6.07) is 17.1. The highest BCUT2D eigenvalue weighted by atomic mass is 19.1. The molecule has 5 rings (SSSR count). The van der Waals surface area contributed by atoms with Gasteiger partial charge in [-0.15, -0.1) is 0 Å². The molecule has 0 saturated heterocycles. The van der Waals surface area contributed by atoms with E-state index in [-0.39, 0.29) is 11.4 Å². The SMILES string of the molecule is Cc1cccc(-c2nc(C(=O)Nc3ccccc3F)cn2-c2ccc3ncc(C#N)n3c2)n1. The van der Waals surface area contributed by atoms with E-state index in [1.165, 1.54) is 18.3 Å². The summed E-state index contributed by atoms with van der Waals surface area (Å²) in [7, 11) is 0. The summed E-state index contributed by atoms with van der Waals surface area (Å²) in [6.07, 6.45) is 4.78. The van der Waals surface area contributed by atoms with Gasteiger partial charge in [0, 0.05) is 18.1 Å². The molecule has 1 aromatic carbocycles. The summed E-state index contributed by atoms with van der Waals surface area (Å²) in [5.74, 6) is -0.676. The maximum Gasteiger partial charge on any atom is 0.275 e. The zero-order valence-corrected chi connectivity index (χ0v) is 17.4. The molecule has 160 valence electrons. The van der Waals surface area contributed by atoms with Crippen LogP contribution in [0.4, 0.5) is 10.1 Å². The minimum absolute atomic E-state index is 0.0609. The van der Waals surface area contributed by atoms with Crippen molar-refractivity contribution in [2.24, 2.45) is 0 Å². The quantitative estimate of drug-likeness (QED) is 0.455. The van der Waals surface area contributed by atoms with Crippen molar-refractivity contribution in [1.82, 2.24) is 23.9 Å². The fourth-order valence-corrected chi connectivity index (χ4v) is 3.48. The minimum atomic E-state index is -0.561. The van der Waals surface area contributed by atoms with Crippen LogP contribution in [0.3, 0.4) is 0 Å². The average Bonchev–Trinajstić information content (AvgIpc) is 3.44. The van der Waals surface area contributed by atoms with Crippen LogP contribution in [0, 0.1) is 24.1 Å². The molecule has 0 aliphatic heterocycles. The number of benzene rings is 1. The number of fused-ring (bicyclic) bond motifs is 1. The Morgan fingerprint density at radius 3 is 2.70 bits per heavy atom. The van der Waals surface area contributed by atoms with Crippen LogP contribution >= 0.6 is 0 Å². The van der Waals surface area contributed by atoms with Gasteiger partial charge in [0.15, 0.2) is 5.82 Å². The highest BCUT2D eigenvalue weighted by molar-refractivity contribution is 6.03. The molecule has 0 bridgehead atoms.